The van der Waals surface area contributed by atoms with E-state index in [1.807, 2.05) is 0 Å². The third kappa shape index (κ3) is 1.99. The van der Waals surface area contributed by atoms with E-state index in [2.05, 4.69) is 4.98 Å². The van der Waals surface area contributed by atoms with Gasteiger partial charge in [-0.2, -0.15) is 0 Å². The minimum Gasteiger partial charge on any atom is -0.359 e. The molecule has 100 valence electrons. The molecule has 0 bridgehead atoms. The van der Waals surface area contributed by atoms with E-state index in [1.54, 1.807) is 24.4 Å². The van der Waals surface area contributed by atoms with Gasteiger partial charge in [0, 0.05) is 22.7 Å². The van der Waals surface area contributed by atoms with Crippen molar-refractivity contribution in [2.75, 3.05) is 0 Å². The Balaban J connectivity index is 2.18. The average molecular weight is 308 g/mol. The highest BCUT2D eigenvalue weighted by Crippen LogP contribution is 2.29. The van der Waals surface area contributed by atoms with Crippen molar-refractivity contribution >= 4 is 39.9 Å². The lowest BCUT2D eigenvalue weighted by Crippen LogP contribution is -2.02. The molecule has 0 atom stereocenters. The summed E-state index contributed by atoms with van der Waals surface area (Å²) < 4.78 is 13.4. The van der Waals surface area contributed by atoms with Gasteiger partial charge in [-0.15, -0.1) is 0 Å². The molecule has 0 saturated carbocycles. The first-order valence-corrected chi connectivity index (χ1v) is 6.59. The standard InChI is InChI=1S/C15H8Cl2FNO/c16-11-5-1-3-8-10(7-19-14(8)11)15(20)9-4-2-6-12(18)13(9)17/h1-7,19H. The Labute approximate surface area is 124 Å². The monoisotopic (exact) mass is 307 g/mol. The van der Waals surface area contributed by atoms with E-state index in [0.29, 0.717) is 21.5 Å². The van der Waals surface area contributed by atoms with Gasteiger partial charge in [0.2, 0.25) is 0 Å². The molecule has 0 spiro atoms. The lowest BCUT2D eigenvalue weighted by atomic mass is 10.0. The van der Waals surface area contributed by atoms with Gasteiger partial charge in [-0.3, -0.25) is 4.79 Å². The summed E-state index contributed by atoms with van der Waals surface area (Å²) in [7, 11) is 0. The van der Waals surface area contributed by atoms with E-state index in [9.17, 15) is 9.18 Å². The first kappa shape index (κ1) is 13.2. The van der Waals surface area contributed by atoms with Crippen LogP contribution in [0, 0.1) is 5.82 Å². The predicted molar refractivity (Wildman–Crippen MR) is 78.2 cm³/mol. The Morgan fingerprint density at radius 2 is 1.80 bits per heavy atom. The zero-order chi connectivity index (χ0) is 14.3. The molecule has 1 aromatic heterocycles. The van der Waals surface area contributed by atoms with Gasteiger partial charge >= 0.3 is 0 Å². The highest BCUT2D eigenvalue weighted by atomic mass is 35.5. The number of rotatable bonds is 2. The minimum absolute atomic E-state index is 0.132. The topological polar surface area (TPSA) is 32.9 Å². The second kappa shape index (κ2) is 4.93. The minimum atomic E-state index is -0.615. The van der Waals surface area contributed by atoms with Crippen LogP contribution in [0.25, 0.3) is 10.9 Å². The first-order chi connectivity index (χ1) is 9.59. The molecule has 0 saturated heterocycles. The van der Waals surface area contributed by atoms with Crippen molar-refractivity contribution in [2.24, 2.45) is 0 Å². The third-order valence-electron chi connectivity index (χ3n) is 3.11. The van der Waals surface area contributed by atoms with E-state index >= 15 is 0 Å². The summed E-state index contributed by atoms with van der Waals surface area (Å²) in [4.78, 5) is 15.4. The van der Waals surface area contributed by atoms with Crippen molar-refractivity contribution < 1.29 is 9.18 Å². The van der Waals surface area contributed by atoms with Crippen molar-refractivity contribution in [1.82, 2.24) is 4.98 Å². The van der Waals surface area contributed by atoms with Crippen molar-refractivity contribution in [1.29, 1.82) is 0 Å². The van der Waals surface area contributed by atoms with E-state index in [-0.39, 0.29) is 16.4 Å². The first-order valence-electron chi connectivity index (χ1n) is 5.84. The van der Waals surface area contributed by atoms with Crippen LogP contribution in [0.15, 0.2) is 42.6 Å². The number of hydrogen-bond donors (Lipinski definition) is 1. The fraction of sp³-hybridized carbons (Fsp3) is 0. The lowest BCUT2D eigenvalue weighted by Gasteiger charge is -2.03. The molecular weight excluding hydrogens is 300 g/mol. The molecule has 1 N–H and O–H groups in total. The van der Waals surface area contributed by atoms with Crippen LogP contribution in [0.5, 0.6) is 0 Å². The Hall–Kier alpha value is -1.84. The van der Waals surface area contributed by atoms with E-state index in [4.69, 9.17) is 23.2 Å². The average Bonchev–Trinajstić information content (AvgIpc) is 2.86. The van der Waals surface area contributed by atoms with Gasteiger partial charge in [-0.25, -0.2) is 4.39 Å². The fourth-order valence-electron chi connectivity index (χ4n) is 2.13. The third-order valence-corrected chi connectivity index (χ3v) is 3.80. The molecule has 0 unspecified atom stereocenters. The lowest BCUT2D eigenvalue weighted by molar-refractivity contribution is 0.104. The second-order valence-corrected chi connectivity index (χ2v) is 5.08. The molecule has 2 aromatic carbocycles. The number of para-hydroxylation sites is 1. The highest BCUT2D eigenvalue weighted by Gasteiger charge is 2.19. The SMILES string of the molecule is O=C(c1cccc(F)c1Cl)c1c[nH]c2c(Cl)cccc12. The number of aromatic amines is 1. The fourth-order valence-corrected chi connectivity index (χ4v) is 2.57. The summed E-state index contributed by atoms with van der Waals surface area (Å²) in [5, 5.41) is 1.03. The molecule has 0 aliphatic carbocycles. The molecule has 1 heterocycles. The zero-order valence-electron chi connectivity index (χ0n) is 10.1. The van der Waals surface area contributed by atoms with Gasteiger partial charge in [-0.1, -0.05) is 41.4 Å². The maximum absolute atomic E-state index is 13.4. The van der Waals surface area contributed by atoms with Crippen LogP contribution in [0.2, 0.25) is 10.0 Å². The number of carbonyl (C=O) groups is 1. The highest BCUT2D eigenvalue weighted by molar-refractivity contribution is 6.37. The number of nitrogens with one attached hydrogen (secondary N) is 1. The van der Waals surface area contributed by atoms with E-state index < -0.39 is 5.82 Å². The number of halogens is 3. The van der Waals surface area contributed by atoms with Gasteiger partial charge in [0.25, 0.3) is 0 Å². The van der Waals surface area contributed by atoms with Crippen LogP contribution >= 0.6 is 23.2 Å². The Bertz CT molecular complexity index is 826. The van der Waals surface area contributed by atoms with Crippen LogP contribution in [-0.2, 0) is 0 Å². The van der Waals surface area contributed by atoms with Crippen molar-refractivity contribution in [2.45, 2.75) is 0 Å². The summed E-state index contributed by atoms with van der Waals surface area (Å²) in [5.41, 5.74) is 1.22. The summed E-state index contributed by atoms with van der Waals surface area (Å²) in [6.07, 6.45) is 1.56. The summed E-state index contributed by atoms with van der Waals surface area (Å²) in [5.74, 6) is -0.960. The zero-order valence-corrected chi connectivity index (χ0v) is 11.6. The van der Waals surface area contributed by atoms with Crippen LogP contribution < -0.4 is 0 Å². The van der Waals surface area contributed by atoms with Crippen molar-refractivity contribution in [3.8, 4) is 0 Å². The number of fused-ring (bicyclic) bond motifs is 1. The van der Waals surface area contributed by atoms with Gasteiger partial charge in [0.1, 0.15) is 5.82 Å². The Morgan fingerprint density at radius 1 is 1.05 bits per heavy atom. The van der Waals surface area contributed by atoms with Gasteiger partial charge in [0.15, 0.2) is 5.78 Å². The number of carbonyl (C=O) groups excluding carboxylic acids is 1. The van der Waals surface area contributed by atoms with Crippen LogP contribution in [-0.4, -0.2) is 10.8 Å². The normalized spacial score (nSPS) is 10.9. The maximum atomic E-state index is 13.4. The number of H-pyrrole nitrogens is 1. The predicted octanol–water partition coefficient (Wildman–Crippen LogP) is 4.84. The van der Waals surface area contributed by atoms with E-state index in [1.165, 1.54) is 18.2 Å². The van der Waals surface area contributed by atoms with Gasteiger partial charge in [0.05, 0.1) is 15.6 Å². The molecule has 3 aromatic rings. The van der Waals surface area contributed by atoms with Crippen LogP contribution in [0.4, 0.5) is 4.39 Å². The van der Waals surface area contributed by atoms with Crippen molar-refractivity contribution in [3.63, 3.8) is 0 Å². The van der Waals surface area contributed by atoms with Crippen molar-refractivity contribution in [3.05, 3.63) is 69.6 Å². The smallest absolute Gasteiger partial charge is 0.196 e. The summed E-state index contributed by atoms with van der Waals surface area (Å²) >= 11 is 11.9. The molecular formula is C15H8Cl2FNO. The quantitative estimate of drug-likeness (QED) is 0.675. The largest absolute Gasteiger partial charge is 0.359 e. The maximum Gasteiger partial charge on any atom is 0.196 e. The molecule has 3 rings (SSSR count). The molecule has 0 fully saturated rings. The number of aromatic nitrogens is 1. The Kier molecular flexibility index (Phi) is 3.24. The Morgan fingerprint density at radius 3 is 2.60 bits per heavy atom. The molecule has 0 amide bonds. The number of ketones is 1. The molecule has 0 aliphatic rings. The molecule has 5 heteroatoms. The van der Waals surface area contributed by atoms with E-state index in [0.717, 1.165) is 0 Å². The molecule has 2 nitrogen and oxygen atoms in total. The summed E-state index contributed by atoms with van der Waals surface area (Å²) in [6, 6.07) is 9.42. The molecule has 0 aliphatic heterocycles. The number of hydrogen-bond acceptors (Lipinski definition) is 1. The molecule has 20 heavy (non-hydrogen) atoms. The number of benzene rings is 2. The van der Waals surface area contributed by atoms with Crippen LogP contribution in [0.1, 0.15) is 15.9 Å². The van der Waals surface area contributed by atoms with Crippen LogP contribution in [0.3, 0.4) is 0 Å². The summed E-state index contributed by atoms with van der Waals surface area (Å²) in [6.45, 7) is 0. The van der Waals surface area contributed by atoms with Gasteiger partial charge in [-0.05, 0) is 18.2 Å². The second-order valence-electron chi connectivity index (χ2n) is 4.30. The molecule has 0 radical (unpaired) electrons. The van der Waals surface area contributed by atoms with Gasteiger partial charge < -0.3 is 4.98 Å².